The molecule has 0 spiro atoms. The first-order valence-corrected chi connectivity index (χ1v) is 4.49. The fraction of sp³-hybridized carbons (Fsp3) is 0.455. The summed E-state index contributed by atoms with van der Waals surface area (Å²) in [4.78, 5) is 0. The molecule has 0 radical (unpaired) electrons. The van der Waals surface area contributed by atoms with Crippen molar-refractivity contribution in [1.29, 1.82) is 0 Å². The first kappa shape index (κ1) is 7.66. The summed E-state index contributed by atoms with van der Waals surface area (Å²) in [5.74, 6) is 1.03. The predicted octanol–water partition coefficient (Wildman–Crippen LogP) is 2.84. The molecule has 0 saturated heterocycles. The first-order valence-electron chi connectivity index (χ1n) is 4.49. The molecule has 2 rings (SSSR count). The van der Waals surface area contributed by atoms with E-state index in [4.69, 9.17) is 4.74 Å². The summed E-state index contributed by atoms with van der Waals surface area (Å²) in [5.41, 5.74) is 2.64. The second-order valence-electron chi connectivity index (χ2n) is 3.56. The lowest BCUT2D eigenvalue weighted by molar-refractivity contribution is 0.303. The summed E-state index contributed by atoms with van der Waals surface area (Å²) in [5, 5.41) is 0. The molecule has 1 nitrogen and oxygen atoms in total. The Bertz CT molecular complexity index is 287. The summed E-state index contributed by atoms with van der Waals surface area (Å²) in [6.07, 6.45) is 2.96. The van der Waals surface area contributed by atoms with Crippen LogP contribution in [0.5, 0.6) is 5.75 Å². The van der Waals surface area contributed by atoms with Gasteiger partial charge in [-0.15, -0.1) is 0 Å². The lowest BCUT2D eigenvalue weighted by Crippen LogP contribution is -1.96. The second-order valence-corrected chi connectivity index (χ2v) is 3.56. The van der Waals surface area contributed by atoms with Crippen LogP contribution in [-0.2, 0) is 0 Å². The molecule has 0 amide bonds. The van der Waals surface area contributed by atoms with Gasteiger partial charge in [-0.2, -0.15) is 0 Å². The normalized spacial score (nSPS) is 16.2. The Hall–Kier alpha value is -0.980. The Kier molecular flexibility index (Phi) is 1.80. The Morgan fingerprint density at radius 3 is 2.50 bits per heavy atom. The number of hydrogen-bond acceptors (Lipinski definition) is 1. The van der Waals surface area contributed by atoms with Gasteiger partial charge in [0, 0.05) is 0 Å². The summed E-state index contributed by atoms with van der Waals surface area (Å²) in [7, 11) is 0. The number of benzene rings is 1. The van der Waals surface area contributed by atoms with Crippen LogP contribution < -0.4 is 4.74 Å². The molecule has 12 heavy (non-hydrogen) atoms. The van der Waals surface area contributed by atoms with Gasteiger partial charge in [0.1, 0.15) is 5.75 Å². The average Bonchev–Trinajstić information content (AvgIpc) is 2.81. The summed E-state index contributed by atoms with van der Waals surface area (Å²) in [6.45, 7) is 4.24. The van der Waals surface area contributed by atoms with E-state index in [0.29, 0.717) is 6.10 Å². The highest BCUT2D eigenvalue weighted by Gasteiger charge is 2.23. The fourth-order valence-electron chi connectivity index (χ4n) is 1.17. The Morgan fingerprint density at radius 1 is 1.17 bits per heavy atom. The Labute approximate surface area is 73.4 Å². The van der Waals surface area contributed by atoms with Crippen molar-refractivity contribution < 1.29 is 4.74 Å². The highest BCUT2D eigenvalue weighted by Crippen LogP contribution is 2.27. The first-order chi connectivity index (χ1) is 5.75. The van der Waals surface area contributed by atoms with E-state index in [-0.39, 0.29) is 0 Å². The molecule has 1 aromatic carbocycles. The second kappa shape index (κ2) is 2.81. The molecule has 0 aromatic heterocycles. The third kappa shape index (κ3) is 1.60. The van der Waals surface area contributed by atoms with Crippen molar-refractivity contribution in [3.05, 3.63) is 29.3 Å². The van der Waals surface area contributed by atoms with E-state index in [9.17, 15) is 0 Å². The van der Waals surface area contributed by atoms with Gasteiger partial charge in [-0.25, -0.2) is 0 Å². The quantitative estimate of drug-likeness (QED) is 0.649. The lowest BCUT2D eigenvalue weighted by Gasteiger charge is -2.06. The fourth-order valence-corrected chi connectivity index (χ4v) is 1.17. The maximum Gasteiger partial charge on any atom is 0.119 e. The number of aryl methyl sites for hydroxylation is 2. The maximum atomic E-state index is 5.66. The molecule has 0 bridgehead atoms. The number of ether oxygens (including phenoxy) is 1. The summed E-state index contributed by atoms with van der Waals surface area (Å²) in [6, 6.07) is 6.29. The predicted molar refractivity (Wildman–Crippen MR) is 49.6 cm³/mol. The van der Waals surface area contributed by atoms with E-state index in [2.05, 4.69) is 32.0 Å². The van der Waals surface area contributed by atoms with Crippen molar-refractivity contribution >= 4 is 0 Å². The third-order valence-electron chi connectivity index (χ3n) is 2.31. The van der Waals surface area contributed by atoms with Crippen molar-refractivity contribution in [2.75, 3.05) is 0 Å². The van der Waals surface area contributed by atoms with Crippen LogP contribution in [0.1, 0.15) is 24.0 Å². The van der Waals surface area contributed by atoms with Gasteiger partial charge in [0.15, 0.2) is 0 Å². The molecule has 1 heteroatoms. The monoisotopic (exact) mass is 162 g/mol. The summed E-state index contributed by atoms with van der Waals surface area (Å²) < 4.78 is 5.66. The molecule has 0 aliphatic heterocycles. The number of hydrogen-bond donors (Lipinski definition) is 0. The van der Waals surface area contributed by atoms with E-state index >= 15 is 0 Å². The van der Waals surface area contributed by atoms with Gasteiger partial charge in [0.05, 0.1) is 6.10 Å². The zero-order valence-corrected chi connectivity index (χ0v) is 7.63. The molecule has 0 unspecified atom stereocenters. The van der Waals surface area contributed by atoms with Gasteiger partial charge in [0.25, 0.3) is 0 Å². The van der Waals surface area contributed by atoms with Crippen LogP contribution in [0, 0.1) is 13.8 Å². The minimum absolute atomic E-state index is 0.507. The highest BCUT2D eigenvalue weighted by atomic mass is 16.5. The van der Waals surface area contributed by atoms with Gasteiger partial charge in [-0.1, -0.05) is 6.07 Å². The molecular formula is C11H14O. The molecule has 0 atom stereocenters. The van der Waals surface area contributed by atoms with Crippen LogP contribution >= 0.6 is 0 Å². The average molecular weight is 162 g/mol. The standard InChI is InChI=1S/C11H14O/c1-8-3-4-11(7-9(8)2)12-10-5-6-10/h3-4,7,10H,5-6H2,1-2H3. The van der Waals surface area contributed by atoms with Crippen LogP contribution in [0.3, 0.4) is 0 Å². The molecule has 1 aromatic rings. The van der Waals surface area contributed by atoms with Gasteiger partial charge in [-0.3, -0.25) is 0 Å². The molecule has 1 fully saturated rings. The van der Waals surface area contributed by atoms with Gasteiger partial charge in [0.2, 0.25) is 0 Å². The lowest BCUT2D eigenvalue weighted by atomic mass is 10.1. The Morgan fingerprint density at radius 2 is 1.92 bits per heavy atom. The molecule has 1 aliphatic carbocycles. The molecular weight excluding hydrogens is 148 g/mol. The van der Waals surface area contributed by atoms with Crippen LogP contribution in [0.2, 0.25) is 0 Å². The Balaban J connectivity index is 2.15. The SMILES string of the molecule is Cc1ccc(OC2CC2)cc1C. The van der Waals surface area contributed by atoms with Crippen LogP contribution in [0.25, 0.3) is 0 Å². The van der Waals surface area contributed by atoms with Gasteiger partial charge >= 0.3 is 0 Å². The zero-order chi connectivity index (χ0) is 8.55. The molecule has 0 N–H and O–H groups in total. The smallest absolute Gasteiger partial charge is 0.119 e. The van der Waals surface area contributed by atoms with Gasteiger partial charge < -0.3 is 4.74 Å². The van der Waals surface area contributed by atoms with E-state index in [1.165, 1.54) is 24.0 Å². The van der Waals surface area contributed by atoms with Crippen molar-refractivity contribution in [2.45, 2.75) is 32.8 Å². The van der Waals surface area contributed by atoms with Crippen molar-refractivity contribution in [3.63, 3.8) is 0 Å². The van der Waals surface area contributed by atoms with E-state index < -0.39 is 0 Å². The van der Waals surface area contributed by atoms with E-state index in [1.54, 1.807) is 0 Å². The van der Waals surface area contributed by atoms with Crippen molar-refractivity contribution in [2.24, 2.45) is 0 Å². The maximum absolute atomic E-state index is 5.66. The third-order valence-corrected chi connectivity index (χ3v) is 2.31. The highest BCUT2D eigenvalue weighted by molar-refractivity contribution is 5.34. The zero-order valence-electron chi connectivity index (χ0n) is 7.63. The van der Waals surface area contributed by atoms with Gasteiger partial charge in [-0.05, 0) is 49.9 Å². The van der Waals surface area contributed by atoms with E-state index in [0.717, 1.165) is 5.75 Å². The molecule has 1 aliphatic rings. The van der Waals surface area contributed by atoms with Crippen LogP contribution in [0.4, 0.5) is 0 Å². The largest absolute Gasteiger partial charge is 0.490 e. The van der Waals surface area contributed by atoms with Crippen molar-refractivity contribution in [1.82, 2.24) is 0 Å². The molecule has 1 saturated carbocycles. The topological polar surface area (TPSA) is 9.23 Å². The minimum atomic E-state index is 0.507. The van der Waals surface area contributed by atoms with Crippen LogP contribution in [-0.4, -0.2) is 6.10 Å². The van der Waals surface area contributed by atoms with E-state index in [1.807, 2.05) is 0 Å². The number of rotatable bonds is 2. The minimum Gasteiger partial charge on any atom is -0.490 e. The van der Waals surface area contributed by atoms with Crippen molar-refractivity contribution in [3.8, 4) is 5.75 Å². The molecule has 0 heterocycles. The van der Waals surface area contributed by atoms with Crippen LogP contribution in [0.15, 0.2) is 18.2 Å². The summed E-state index contributed by atoms with van der Waals surface area (Å²) >= 11 is 0. The molecule has 64 valence electrons.